The van der Waals surface area contributed by atoms with E-state index < -0.39 is 0 Å². The molecule has 2 atom stereocenters. The van der Waals surface area contributed by atoms with Crippen LogP contribution in [0.2, 0.25) is 0 Å². The van der Waals surface area contributed by atoms with Crippen molar-refractivity contribution in [1.82, 2.24) is 9.97 Å². The lowest BCUT2D eigenvalue weighted by atomic mass is 10.0. The van der Waals surface area contributed by atoms with Gasteiger partial charge in [0.2, 0.25) is 0 Å². The third kappa shape index (κ3) is 4.13. The third-order valence-corrected chi connectivity index (χ3v) is 4.15. The Morgan fingerprint density at radius 2 is 2.18 bits per heavy atom. The summed E-state index contributed by atoms with van der Waals surface area (Å²) >= 11 is 1.59. The fourth-order valence-electron chi connectivity index (χ4n) is 1.61. The number of nitrogens with zero attached hydrogens (tertiary/aromatic N) is 2. The molecule has 1 heterocycles. The summed E-state index contributed by atoms with van der Waals surface area (Å²) in [6, 6.07) is 1.82. The van der Waals surface area contributed by atoms with Crippen LogP contribution in [0.15, 0.2) is 36.3 Å². The Labute approximate surface area is 108 Å². The SMILES string of the molecule is C=C[C@@H](C)C[C@](CC)(OC)Sc1ncccn1. The molecule has 1 aromatic heterocycles. The summed E-state index contributed by atoms with van der Waals surface area (Å²) < 4.78 is 5.70. The molecule has 17 heavy (non-hydrogen) atoms. The molecule has 0 unspecified atom stereocenters. The van der Waals surface area contributed by atoms with Gasteiger partial charge in [0, 0.05) is 19.5 Å². The van der Waals surface area contributed by atoms with Crippen LogP contribution in [0.5, 0.6) is 0 Å². The zero-order valence-corrected chi connectivity index (χ0v) is 11.5. The van der Waals surface area contributed by atoms with Crippen molar-refractivity contribution in [2.45, 2.75) is 36.8 Å². The molecule has 0 saturated carbocycles. The molecule has 0 bridgehead atoms. The maximum Gasteiger partial charge on any atom is 0.190 e. The summed E-state index contributed by atoms with van der Waals surface area (Å²) in [5, 5.41) is 0.757. The standard InChI is InChI=1S/C13H20N2OS/c1-5-11(3)10-13(6-2,16-4)17-12-14-8-7-9-15-12/h5,7-9,11H,1,6,10H2,2-4H3/t11-,13-/m1/s1. The number of allylic oxidation sites excluding steroid dienone is 1. The first kappa shape index (κ1) is 14.2. The molecule has 1 aromatic rings. The molecule has 0 fully saturated rings. The summed E-state index contributed by atoms with van der Waals surface area (Å²) in [6.07, 6.45) is 7.28. The summed E-state index contributed by atoms with van der Waals surface area (Å²) in [4.78, 5) is 8.21. The van der Waals surface area contributed by atoms with Gasteiger partial charge >= 0.3 is 0 Å². The van der Waals surface area contributed by atoms with Gasteiger partial charge in [0.1, 0.15) is 4.93 Å². The van der Waals surface area contributed by atoms with Crippen LogP contribution in [-0.2, 0) is 4.74 Å². The van der Waals surface area contributed by atoms with Gasteiger partial charge in [-0.05, 0) is 24.8 Å². The number of aromatic nitrogens is 2. The van der Waals surface area contributed by atoms with Gasteiger partial charge in [-0.1, -0.05) is 31.7 Å². The second kappa shape index (κ2) is 6.77. The molecule has 0 aromatic carbocycles. The van der Waals surface area contributed by atoms with Crippen molar-refractivity contribution in [2.24, 2.45) is 5.92 Å². The van der Waals surface area contributed by atoms with Gasteiger partial charge in [0.15, 0.2) is 5.16 Å². The van der Waals surface area contributed by atoms with Crippen molar-refractivity contribution in [1.29, 1.82) is 0 Å². The van der Waals surface area contributed by atoms with Gasteiger partial charge in [-0.2, -0.15) is 0 Å². The molecule has 0 aliphatic carbocycles. The van der Waals surface area contributed by atoms with Gasteiger partial charge in [-0.3, -0.25) is 0 Å². The second-order valence-corrected chi connectivity index (χ2v) is 5.33. The Morgan fingerprint density at radius 3 is 2.65 bits per heavy atom. The highest BCUT2D eigenvalue weighted by Crippen LogP contribution is 2.39. The van der Waals surface area contributed by atoms with Crippen LogP contribution >= 0.6 is 11.8 Å². The predicted molar refractivity (Wildman–Crippen MR) is 71.9 cm³/mol. The molecule has 0 N–H and O–H groups in total. The van der Waals surface area contributed by atoms with Gasteiger partial charge in [-0.15, -0.1) is 6.58 Å². The molecule has 94 valence electrons. The summed E-state index contributed by atoms with van der Waals surface area (Å²) in [7, 11) is 1.75. The van der Waals surface area contributed by atoms with Crippen molar-refractivity contribution in [3.8, 4) is 0 Å². The Kier molecular flexibility index (Phi) is 5.65. The minimum Gasteiger partial charge on any atom is -0.367 e. The molecule has 0 aliphatic heterocycles. The van der Waals surface area contributed by atoms with Crippen molar-refractivity contribution in [3.05, 3.63) is 31.1 Å². The maximum atomic E-state index is 5.70. The number of hydrogen-bond acceptors (Lipinski definition) is 4. The molecule has 0 aliphatic rings. The van der Waals surface area contributed by atoms with E-state index in [0.717, 1.165) is 18.0 Å². The van der Waals surface area contributed by atoms with Crippen LogP contribution < -0.4 is 0 Å². The number of ether oxygens (including phenoxy) is 1. The first-order chi connectivity index (χ1) is 8.15. The van der Waals surface area contributed by atoms with Crippen molar-refractivity contribution in [2.75, 3.05) is 7.11 Å². The minimum atomic E-state index is -0.269. The second-order valence-electron chi connectivity index (χ2n) is 4.02. The van der Waals surface area contributed by atoms with Gasteiger partial charge in [0.25, 0.3) is 0 Å². The molecular formula is C13H20N2OS. The lowest BCUT2D eigenvalue weighted by Crippen LogP contribution is -2.28. The molecule has 0 spiro atoms. The van der Waals surface area contributed by atoms with Crippen LogP contribution in [0, 0.1) is 5.92 Å². The van der Waals surface area contributed by atoms with Gasteiger partial charge < -0.3 is 4.74 Å². The topological polar surface area (TPSA) is 35.0 Å². The Hall–Kier alpha value is -0.870. The van der Waals surface area contributed by atoms with E-state index in [1.54, 1.807) is 31.3 Å². The molecule has 1 rings (SSSR count). The van der Waals surface area contributed by atoms with E-state index in [1.165, 1.54) is 0 Å². The molecular weight excluding hydrogens is 232 g/mol. The maximum absolute atomic E-state index is 5.70. The highest BCUT2D eigenvalue weighted by molar-refractivity contribution is 8.00. The van der Waals surface area contributed by atoms with Gasteiger partial charge in [-0.25, -0.2) is 9.97 Å². The lowest BCUT2D eigenvalue weighted by molar-refractivity contribution is 0.0526. The molecule has 0 radical (unpaired) electrons. The highest BCUT2D eigenvalue weighted by Gasteiger charge is 2.31. The van der Waals surface area contributed by atoms with E-state index in [4.69, 9.17) is 4.74 Å². The molecule has 0 saturated heterocycles. The van der Waals surface area contributed by atoms with E-state index in [-0.39, 0.29) is 4.93 Å². The lowest BCUT2D eigenvalue weighted by Gasteiger charge is -2.31. The van der Waals surface area contributed by atoms with E-state index >= 15 is 0 Å². The predicted octanol–water partition coefficient (Wildman–Crippen LogP) is 3.53. The van der Waals surface area contributed by atoms with Crippen LogP contribution in [0.25, 0.3) is 0 Å². The summed E-state index contributed by atoms with van der Waals surface area (Å²) in [5.41, 5.74) is 0. The van der Waals surface area contributed by atoms with Crippen molar-refractivity contribution >= 4 is 11.8 Å². The van der Waals surface area contributed by atoms with E-state index in [2.05, 4.69) is 30.4 Å². The normalized spacial score (nSPS) is 16.2. The van der Waals surface area contributed by atoms with E-state index in [0.29, 0.717) is 5.92 Å². The van der Waals surface area contributed by atoms with Crippen LogP contribution in [-0.4, -0.2) is 22.0 Å². The summed E-state index contributed by atoms with van der Waals surface area (Å²) in [5.74, 6) is 0.408. The molecule has 3 nitrogen and oxygen atoms in total. The third-order valence-electron chi connectivity index (χ3n) is 2.77. The smallest absolute Gasteiger partial charge is 0.190 e. The zero-order valence-electron chi connectivity index (χ0n) is 10.7. The van der Waals surface area contributed by atoms with Crippen LogP contribution in [0.1, 0.15) is 26.7 Å². The largest absolute Gasteiger partial charge is 0.367 e. The minimum absolute atomic E-state index is 0.269. The van der Waals surface area contributed by atoms with Crippen molar-refractivity contribution < 1.29 is 4.74 Å². The quantitative estimate of drug-likeness (QED) is 0.322. The number of rotatable bonds is 7. The zero-order chi connectivity index (χ0) is 12.7. The number of methoxy groups -OCH3 is 1. The summed E-state index contributed by atoms with van der Waals surface area (Å²) in [6.45, 7) is 8.09. The van der Waals surface area contributed by atoms with Crippen LogP contribution in [0.4, 0.5) is 0 Å². The number of thioether (sulfide) groups is 1. The Morgan fingerprint density at radius 1 is 1.53 bits per heavy atom. The number of hydrogen-bond donors (Lipinski definition) is 0. The van der Waals surface area contributed by atoms with Crippen LogP contribution in [0.3, 0.4) is 0 Å². The van der Waals surface area contributed by atoms with Gasteiger partial charge in [0.05, 0.1) is 0 Å². The fraction of sp³-hybridized carbons (Fsp3) is 0.538. The Balaban J connectivity index is 2.80. The fourth-order valence-corrected chi connectivity index (χ4v) is 2.74. The average Bonchev–Trinajstić information content (AvgIpc) is 2.39. The Bertz CT molecular complexity index is 339. The van der Waals surface area contributed by atoms with Crippen molar-refractivity contribution in [3.63, 3.8) is 0 Å². The first-order valence-electron chi connectivity index (χ1n) is 5.79. The van der Waals surface area contributed by atoms with E-state index in [9.17, 15) is 0 Å². The highest BCUT2D eigenvalue weighted by atomic mass is 32.2. The molecule has 4 heteroatoms. The molecule has 0 amide bonds. The first-order valence-corrected chi connectivity index (χ1v) is 6.61. The average molecular weight is 252 g/mol. The van der Waals surface area contributed by atoms with E-state index in [1.807, 2.05) is 12.1 Å². The monoisotopic (exact) mass is 252 g/mol.